The van der Waals surface area contributed by atoms with E-state index in [4.69, 9.17) is 5.11 Å². The molecule has 2 aromatic carbocycles. The largest absolute Gasteiger partial charge is 0.478 e. The molecule has 4 heteroatoms. The lowest BCUT2D eigenvalue weighted by Gasteiger charge is -2.42. The molecule has 0 radical (unpaired) electrons. The molecule has 3 nitrogen and oxygen atoms in total. The van der Waals surface area contributed by atoms with Gasteiger partial charge in [-0.15, -0.1) is 0 Å². The van der Waals surface area contributed by atoms with Gasteiger partial charge in [0.15, 0.2) is 0 Å². The molecule has 0 aromatic heterocycles. The first-order valence-electron chi connectivity index (χ1n) is 8.96. The van der Waals surface area contributed by atoms with Crippen LogP contribution in [0, 0.1) is 0 Å². The Morgan fingerprint density at radius 2 is 1.54 bits per heavy atom. The Labute approximate surface area is 157 Å². The second-order valence-corrected chi connectivity index (χ2v) is 9.92. The number of carbonyl (C=O) groups is 1. The minimum absolute atomic E-state index is 0.0915. The number of fused-ring (bicyclic) bond motifs is 1. The summed E-state index contributed by atoms with van der Waals surface area (Å²) in [5.41, 5.74) is 4.04. The van der Waals surface area contributed by atoms with Gasteiger partial charge in [0.25, 0.3) is 0 Å². The number of rotatable bonds is 4. The van der Waals surface area contributed by atoms with E-state index in [1.165, 1.54) is 11.1 Å². The molecule has 1 aliphatic rings. The van der Waals surface area contributed by atoms with Crippen LogP contribution in [0.3, 0.4) is 0 Å². The number of benzene rings is 2. The van der Waals surface area contributed by atoms with Crippen molar-refractivity contribution in [3.05, 3.63) is 64.7 Å². The predicted molar refractivity (Wildman–Crippen MR) is 105 cm³/mol. The molecule has 1 atom stereocenters. The zero-order valence-electron chi connectivity index (χ0n) is 15.8. The Balaban J connectivity index is 1.88. The Hall–Kier alpha value is -1.94. The molecule has 0 bridgehead atoms. The Morgan fingerprint density at radius 1 is 0.962 bits per heavy atom. The minimum atomic E-state index is -1.16. The number of hydrogen-bond donors (Lipinski definition) is 1. The molecule has 2 aromatic rings. The van der Waals surface area contributed by atoms with Crippen LogP contribution in [0.15, 0.2) is 47.4 Å². The van der Waals surface area contributed by atoms with Gasteiger partial charge in [-0.05, 0) is 64.6 Å². The molecule has 3 rings (SSSR count). The van der Waals surface area contributed by atoms with Crippen molar-refractivity contribution in [1.82, 2.24) is 0 Å². The van der Waals surface area contributed by atoms with Gasteiger partial charge < -0.3 is 5.11 Å². The van der Waals surface area contributed by atoms with Crippen molar-refractivity contribution < 1.29 is 14.1 Å². The molecule has 0 heterocycles. The lowest BCUT2D eigenvalue weighted by molar-refractivity contribution is 0.0697. The molecule has 0 spiro atoms. The number of aromatic carboxylic acids is 1. The highest BCUT2D eigenvalue weighted by Gasteiger charge is 2.37. The second kappa shape index (κ2) is 6.66. The summed E-state index contributed by atoms with van der Waals surface area (Å²) in [5, 5.41) is 8.98. The maximum atomic E-state index is 12.9. The standard InChI is InChI=1S/C22H26O3S/c1-21(2)11-12-22(3,4)19-13-17(9-10-18(19)21)26(25)14-15-5-7-16(8-6-15)20(23)24/h5-10,13H,11-12,14H2,1-4H3,(H,23,24). The molecular formula is C22H26O3S. The van der Waals surface area contributed by atoms with Crippen LogP contribution in [0.2, 0.25) is 0 Å². The first-order valence-corrected chi connectivity index (χ1v) is 10.3. The van der Waals surface area contributed by atoms with Crippen LogP contribution < -0.4 is 0 Å². The summed E-state index contributed by atoms with van der Waals surface area (Å²) in [6.45, 7) is 9.08. The molecule has 0 saturated heterocycles. The molecule has 1 aliphatic carbocycles. The van der Waals surface area contributed by atoms with E-state index in [2.05, 4.69) is 39.8 Å². The fourth-order valence-corrected chi connectivity index (χ4v) is 4.82. The maximum Gasteiger partial charge on any atom is 0.335 e. The normalized spacial score (nSPS) is 18.8. The second-order valence-electron chi connectivity index (χ2n) is 8.47. The Morgan fingerprint density at radius 3 is 2.12 bits per heavy atom. The Kier molecular flexibility index (Phi) is 4.82. The number of carboxylic acid groups (broad SMARTS) is 1. The monoisotopic (exact) mass is 370 g/mol. The van der Waals surface area contributed by atoms with Crippen LogP contribution >= 0.6 is 0 Å². The van der Waals surface area contributed by atoms with Gasteiger partial charge in [-0.3, -0.25) is 4.21 Å². The van der Waals surface area contributed by atoms with Gasteiger partial charge in [-0.25, -0.2) is 4.79 Å². The molecule has 1 unspecified atom stereocenters. The molecule has 0 saturated carbocycles. The fraction of sp³-hybridized carbons (Fsp3) is 0.409. The highest BCUT2D eigenvalue weighted by molar-refractivity contribution is 7.84. The van der Waals surface area contributed by atoms with Crippen molar-refractivity contribution >= 4 is 16.8 Å². The van der Waals surface area contributed by atoms with E-state index >= 15 is 0 Å². The van der Waals surface area contributed by atoms with E-state index in [1.54, 1.807) is 24.3 Å². The topological polar surface area (TPSA) is 54.4 Å². The zero-order valence-corrected chi connectivity index (χ0v) is 16.7. The summed E-state index contributed by atoms with van der Waals surface area (Å²) < 4.78 is 12.9. The van der Waals surface area contributed by atoms with Gasteiger partial charge in [0.1, 0.15) is 0 Å². The Bertz CT molecular complexity index is 863. The third kappa shape index (κ3) is 3.61. The summed E-state index contributed by atoms with van der Waals surface area (Å²) in [6, 6.07) is 12.9. The summed E-state index contributed by atoms with van der Waals surface area (Å²) in [5.74, 6) is -0.556. The summed E-state index contributed by atoms with van der Waals surface area (Å²) in [4.78, 5) is 11.8. The molecule has 0 aliphatic heterocycles. The van der Waals surface area contributed by atoms with Crippen molar-refractivity contribution in [2.24, 2.45) is 0 Å². The van der Waals surface area contributed by atoms with Crippen LogP contribution in [-0.4, -0.2) is 15.3 Å². The first kappa shape index (κ1) is 18.8. The van der Waals surface area contributed by atoms with E-state index < -0.39 is 16.8 Å². The van der Waals surface area contributed by atoms with Crippen LogP contribution in [0.25, 0.3) is 0 Å². The summed E-state index contributed by atoms with van der Waals surface area (Å²) >= 11 is 0. The predicted octanol–water partition coefficient (Wildman–Crippen LogP) is 5.04. The molecule has 1 N–H and O–H groups in total. The van der Waals surface area contributed by atoms with Gasteiger partial charge in [0.05, 0.1) is 22.1 Å². The maximum absolute atomic E-state index is 12.9. The van der Waals surface area contributed by atoms with Crippen molar-refractivity contribution in [2.45, 2.75) is 62.0 Å². The average Bonchev–Trinajstić information content (AvgIpc) is 2.59. The molecule has 138 valence electrons. The highest BCUT2D eigenvalue weighted by Crippen LogP contribution is 2.46. The SMILES string of the molecule is CC1(C)CCC(C)(C)c2cc(S(=O)Cc3ccc(C(=O)O)cc3)ccc21. The van der Waals surface area contributed by atoms with Crippen molar-refractivity contribution in [2.75, 3.05) is 0 Å². The van der Waals surface area contributed by atoms with Gasteiger partial charge in [-0.1, -0.05) is 45.9 Å². The van der Waals surface area contributed by atoms with Gasteiger partial charge in [-0.2, -0.15) is 0 Å². The van der Waals surface area contributed by atoms with Gasteiger partial charge >= 0.3 is 5.97 Å². The van der Waals surface area contributed by atoms with Crippen molar-refractivity contribution in [3.8, 4) is 0 Å². The fourth-order valence-electron chi connectivity index (χ4n) is 3.69. The summed E-state index contributed by atoms with van der Waals surface area (Å²) in [7, 11) is -1.16. The van der Waals surface area contributed by atoms with E-state index in [9.17, 15) is 9.00 Å². The van der Waals surface area contributed by atoms with Crippen LogP contribution in [0.5, 0.6) is 0 Å². The molecule has 0 amide bonds. The quantitative estimate of drug-likeness (QED) is 0.820. The van der Waals surface area contributed by atoms with Gasteiger partial charge in [0.2, 0.25) is 0 Å². The van der Waals surface area contributed by atoms with Crippen LogP contribution in [-0.2, 0) is 27.4 Å². The zero-order chi connectivity index (χ0) is 19.1. The number of hydrogen-bond acceptors (Lipinski definition) is 2. The minimum Gasteiger partial charge on any atom is -0.478 e. The van der Waals surface area contributed by atoms with Crippen LogP contribution in [0.4, 0.5) is 0 Å². The third-order valence-corrected chi connectivity index (χ3v) is 6.96. The van der Waals surface area contributed by atoms with Gasteiger partial charge in [0, 0.05) is 4.90 Å². The lowest BCUT2D eigenvalue weighted by Crippen LogP contribution is -2.33. The van der Waals surface area contributed by atoms with Crippen molar-refractivity contribution in [1.29, 1.82) is 0 Å². The van der Waals surface area contributed by atoms with Crippen LogP contribution in [0.1, 0.15) is 67.6 Å². The average molecular weight is 371 g/mol. The van der Waals surface area contributed by atoms with E-state index in [0.717, 1.165) is 23.3 Å². The molecular weight excluding hydrogens is 344 g/mol. The lowest BCUT2D eigenvalue weighted by atomic mass is 9.63. The van der Waals surface area contributed by atoms with E-state index in [0.29, 0.717) is 5.75 Å². The number of carboxylic acids is 1. The van der Waals surface area contributed by atoms with E-state index in [-0.39, 0.29) is 16.4 Å². The smallest absolute Gasteiger partial charge is 0.335 e. The molecule has 0 fully saturated rings. The summed E-state index contributed by atoms with van der Waals surface area (Å²) in [6.07, 6.45) is 2.28. The van der Waals surface area contributed by atoms with Crippen molar-refractivity contribution in [3.63, 3.8) is 0 Å². The first-order chi connectivity index (χ1) is 12.1. The molecule has 26 heavy (non-hydrogen) atoms. The van der Waals surface area contributed by atoms with E-state index in [1.807, 2.05) is 6.07 Å². The highest BCUT2D eigenvalue weighted by atomic mass is 32.2. The third-order valence-electron chi connectivity index (χ3n) is 5.59.